The number of halogens is 5. The summed E-state index contributed by atoms with van der Waals surface area (Å²) in [4.78, 5) is 7.01. The number of hydrogen-bond acceptors (Lipinski definition) is 4. The first-order chi connectivity index (χ1) is 13.9. The van der Waals surface area contributed by atoms with E-state index >= 15 is 0 Å². The molecule has 0 aliphatic rings. The van der Waals surface area contributed by atoms with Gasteiger partial charge >= 0.3 is 6.18 Å². The second-order valence-corrected chi connectivity index (χ2v) is 8.99. The molecule has 1 aromatic heterocycles. The molecule has 5 nitrogen and oxygen atoms in total. The Bertz CT molecular complexity index is 1180. The highest BCUT2D eigenvalue weighted by Gasteiger charge is 2.30. The van der Waals surface area contributed by atoms with Gasteiger partial charge in [-0.15, -0.1) is 0 Å². The molecule has 3 rings (SSSR count). The van der Waals surface area contributed by atoms with E-state index in [0.717, 1.165) is 24.5 Å². The minimum atomic E-state index is -4.48. The third-order valence-electron chi connectivity index (χ3n) is 4.28. The molecule has 0 aliphatic carbocycles. The minimum Gasteiger partial charge on any atom is -0.372 e. The monoisotopic (exact) mass is 461 g/mol. The predicted octanol–water partition coefficient (Wildman–Crippen LogP) is 5.13. The number of benzene rings is 2. The number of imidazole rings is 1. The van der Waals surface area contributed by atoms with E-state index in [0.29, 0.717) is 16.9 Å². The normalized spacial score (nSPS) is 13.3. The van der Waals surface area contributed by atoms with Crippen LogP contribution in [0, 0.1) is 12.7 Å². The van der Waals surface area contributed by atoms with E-state index in [2.05, 4.69) is 15.3 Å². The molecule has 0 saturated carbocycles. The number of rotatable bonds is 5. The van der Waals surface area contributed by atoms with Crippen LogP contribution in [0.25, 0.3) is 0 Å². The molecule has 2 aromatic carbocycles. The number of aryl methyl sites for hydroxylation is 1. The fourth-order valence-electron chi connectivity index (χ4n) is 2.89. The molecule has 11 heteroatoms. The maximum absolute atomic E-state index is 13.6. The summed E-state index contributed by atoms with van der Waals surface area (Å²) in [5, 5.41) is 2.66. The molecular formula is C19H16ClF4N3O2S. The van der Waals surface area contributed by atoms with Crippen LogP contribution in [0.1, 0.15) is 28.7 Å². The Balaban J connectivity index is 2.05. The predicted molar refractivity (Wildman–Crippen MR) is 105 cm³/mol. The quantitative estimate of drug-likeness (QED) is 0.516. The number of anilines is 1. The Morgan fingerprint density at radius 2 is 1.77 bits per heavy atom. The molecule has 2 N–H and O–H groups in total. The largest absolute Gasteiger partial charge is 0.416 e. The Morgan fingerprint density at radius 3 is 2.27 bits per heavy atom. The summed E-state index contributed by atoms with van der Waals surface area (Å²) in [6.07, 6.45) is -3.47. The smallest absolute Gasteiger partial charge is 0.372 e. The van der Waals surface area contributed by atoms with E-state index in [1.54, 1.807) is 0 Å². The SMILES string of the molecule is Cc1[nH]c([C@@H](Nc2ccc(C(F)(F)F)cc2)c2ccc(F)c(Cl)c2)nc1S(C)(=O)=O. The number of alkyl halides is 3. The number of aromatic amines is 1. The molecule has 1 atom stereocenters. The van der Waals surface area contributed by atoms with E-state index in [-0.39, 0.29) is 15.9 Å². The molecule has 0 amide bonds. The van der Waals surface area contributed by atoms with Gasteiger partial charge in [-0.1, -0.05) is 17.7 Å². The van der Waals surface area contributed by atoms with Crippen LogP contribution >= 0.6 is 11.6 Å². The molecular weight excluding hydrogens is 446 g/mol. The Morgan fingerprint density at radius 1 is 1.13 bits per heavy atom. The van der Waals surface area contributed by atoms with Crippen LogP contribution in [0.4, 0.5) is 23.2 Å². The molecule has 160 valence electrons. The molecule has 0 aliphatic heterocycles. The maximum atomic E-state index is 13.6. The van der Waals surface area contributed by atoms with Gasteiger partial charge in [0.2, 0.25) is 0 Å². The first-order valence-corrected chi connectivity index (χ1v) is 10.8. The number of aromatic nitrogens is 2. The van der Waals surface area contributed by atoms with Crippen LogP contribution in [0.2, 0.25) is 5.02 Å². The molecule has 0 bridgehead atoms. The van der Waals surface area contributed by atoms with E-state index in [1.165, 1.54) is 31.2 Å². The number of hydrogen-bond donors (Lipinski definition) is 2. The highest BCUT2D eigenvalue weighted by Crippen LogP contribution is 2.32. The lowest BCUT2D eigenvalue weighted by Gasteiger charge is -2.19. The third kappa shape index (κ3) is 4.76. The van der Waals surface area contributed by atoms with Crippen LogP contribution < -0.4 is 5.32 Å². The second-order valence-electron chi connectivity index (χ2n) is 6.65. The lowest BCUT2D eigenvalue weighted by atomic mass is 10.1. The standard InChI is InChI=1S/C19H16ClF4N3O2S/c1-10-18(30(2,28)29)27-17(25-10)16(11-3-8-15(21)14(20)9-11)26-13-6-4-12(5-7-13)19(22,23)24/h3-9,16,26H,1-2H3,(H,25,27)/t16-/m0/s1. The molecule has 0 saturated heterocycles. The van der Waals surface area contributed by atoms with Gasteiger partial charge in [0.15, 0.2) is 14.9 Å². The van der Waals surface area contributed by atoms with E-state index in [1.807, 2.05) is 0 Å². The highest BCUT2D eigenvalue weighted by molar-refractivity contribution is 7.90. The van der Waals surface area contributed by atoms with Crippen LogP contribution in [0.15, 0.2) is 47.5 Å². The van der Waals surface area contributed by atoms with E-state index in [9.17, 15) is 26.0 Å². The van der Waals surface area contributed by atoms with Gasteiger partial charge in [-0.3, -0.25) is 0 Å². The van der Waals surface area contributed by atoms with Gasteiger partial charge in [0.25, 0.3) is 0 Å². The van der Waals surface area contributed by atoms with Crippen molar-refractivity contribution in [1.82, 2.24) is 9.97 Å². The number of nitrogens with zero attached hydrogens (tertiary/aromatic N) is 1. The van der Waals surface area contributed by atoms with Gasteiger partial charge in [-0.25, -0.2) is 17.8 Å². The number of H-pyrrole nitrogens is 1. The Kier molecular flexibility index (Phi) is 5.83. The van der Waals surface area contributed by atoms with Gasteiger partial charge in [0.1, 0.15) is 17.7 Å². The van der Waals surface area contributed by atoms with Crippen molar-refractivity contribution in [3.05, 3.63) is 75.9 Å². The zero-order chi connectivity index (χ0) is 22.3. The topological polar surface area (TPSA) is 74.8 Å². The van der Waals surface area contributed by atoms with Crippen molar-refractivity contribution in [2.24, 2.45) is 0 Å². The molecule has 0 unspecified atom stereocenters. The summed E-state index contributed by atoms with van der Waals surface area (Å²) in [6.45, 7) is 1.53. The zero-order valence-electron chi connectivity index (χ0n) is 15.7. The fraction of sp³-hybridized carbons (Fsp3) is 0.211. The fourth-order valence-corrected chi connectivity index (χ4v) is 3.95. The lowest BCUT2D eigenvalue weighted by molar-refractivity contribution is -0.137. The summed E-state index contributed by atoms with van der Waals surface area (Å²) in [7, 11) is -3.62. The summed E-state index contributed by atoms with van der Waals surface area (Å²) < 4.78 is 75.9. The summed E-state index contributed by atoms with van der Waals surface area (Å²) >= 11 is 5.87. The van der Waals surface area contributed by atoms with Gasteiger partial charge in [-0.2, -0.15) is 13.2 Å². The van der Waals surface area contributed by atoms with Crippen molar-refractivity contribution < 1.29 is 26.0 Å². The Labute approximate surface area is 175 Å². The van der Waals surface area contributed by atoms with Gasteiger partial charge < -0.3 is 10.3 Å². The summed E-state index contributed by atoms with van der Waals surface area (Å²) in [5.74, 6) is -0.475. The molecule has 30 heavy (non-hydrogen) atoms. The van der Waals surface area contributed by atoms with Crippen molar-refractivity contribution in [1.29, 1.82) is 0 Å². The van der Waals surface area contributed by atoms with Gasteiger partial charge in [-0.05, 0) is 48.9 Å². The van der Waals surface area contributed by atoms with Gasteiger partial charge in [0.05, 0.1) is 16.3 Å². The van der Waals surface area contributed by atoms with Crippen LogP contribution in [-0.2, 0) is 16.0 Å². The Hall–Kier alpha value is -2.59. The summed E-state index contributed by atoms with van der Waals surface area (Å²) in [5.41, 5.74) is 0.209. The average Bonchev–Trinajstić information content (AvgIpc) is 3.03. The molecule has 3 aromatic rings. The summed E-state index contributed by atoms with van der Waals surface area (Å²) in [6, 6.07) is 7.32. The van der Waals surface area contributed by atoms with Crippen LogP contribution in [0.3, 0.4) is 0 Å². The first kappa shape index (κ1) is 22.1. The molecule has 0 fully saturated rings. The van der Waals surface area contributed by atoms with Crippen molar-refractivity contribution in [2.75, 3.05) is 11.6 Å². The lowest BCUT2D eigenvalue weighted by Crippen LogP contribution is -2.15. The van der Waals surface area contributed by atoms with E-state index < -0.39 is 33.4 Å². The van der Waals surface area contributed by atoms with Crippen molar-refractivity contribution in [3.63, 3.8) is 0 Å². The van der Waals surface area contributed by atoms with Crippen molar-refractivity contribution in [2.45, 2.75) is 24.2 Å². The first-order valence-electron chi connectivity index (χ1n) is 8.51. The van der Waals surface area contributed by atoms with Crippen LogP contribution in [0.5, 0.6) is 0 Å². The average molecular weight is 462 g/mol. The maximum Gasteiger partial charge on any atom is 0.416 e. The van der Waals surface area contributed by atoms with E-state index in [4.69, 9.17) is 11.6 Å². The van der Waals surface area contributed by atoms with Crippen molar-refractivity contribution in [3.8, 4) is 0 Å². The number of sulfone groups is 1. The molecule has 1 heterocycles. The molecule has 0 spiro atoms. The van der Waals surface area contributed by atoms with Crippen molar-refractivity contribution >= 4 is 27.1 Å². The second kappa shape index (κ2) is 7.92. The van der Waals surface area contributed by atoms with Crippen LogP contribution in [-0.4, -0.2) is 24.6 Å². The molecule has 0 radical (unpaired) electrons. The van der Waals surface area contributed by atoms with Gasteiger partial charge in [0, 0.05) is 11.9 Å². The highest BCUT2D eigenvalue weighted by atomic mass is 35.5. The zero-order valence-corrected chi connectivity index (χ0v) is 17.3. The number of nitrogens with one attached hydrogen (secondary N) is 2. The third-order valence-corrected chi connectivity index (χ3v) is 5.67. The minimum absolute atomic E-state index is 0.162.